The zero-order valence-corrected chi connectivity index (χ0v) is 9.82. The molecular weight excluding hydrogens is 216 g/mol. The first-order valence-corrected chi connectivity index (χ1v) is 6.04. The number of hydrogen-bond acceptors (Lipinski definition) is 3. The first kappa shape index (κ1) is 11.9. The van der Waals surface area contributed by atoms with Crippen molar-refractivity contribution < 1.29 is 9.53 Å². The Bertz CT molecular complexity index is 348. The Morgan fingerprint density at radius 3 is 2.71 bits per heavy atom. The van der Waals surface area contributed by atoms with Gasteiger partial charge in [0.2, 0.25) is 0 Å². The van der Waals surface area contributed by atoms with E-state index in [0.29, 0.717) is 12.5 Å². The van der Waals surface area contributed by atoms with E-state index in [1.807, 2.05) is 30.3 Å². The first-order valence-electron chi connectivity index (χ1n) is 6.04. The van der Waals surface area contributed by atoms with Crippen LogP contribution in [0.2, 0.25) is 0 Å². The van der Waals surface area contributed by atoms with Gasteiger partial charge in [0.15, 0.2) is 0 Å². The molecule has 0 unspecified atom stereocenters. The summed E-state index contributed by atoms with van der Waals surface area (Å²) in [4.78, 5) is 11.5. The maximum absolute atomic E-state index is 11.5. The Labute approximate surface area is 101 Å². The molecule has 1 heterocycles. The van der Waals surface area contributed by atoms with Crippen molar-refractivity contribution in [1.29, 1.82) is 0 Å². The van der Waals surface area contributed by atoms with Gasteiger partial charge in [0.25, 0.3) is 0 Å². The van der Waals surface area contributed by atoms with Crippen LogP contribution in [0.1, 0.15) is 12.8 Å². The van der Waals surface area contributed by atoms with Crippen molar-refractivity contribution in [2.75, 3.05) is 25.0 Å². The average molecular weight is 234 g/mol. The van der Waals surface area contributed by atoms with Crippen LogP contribution < -0.4 is 10.6 Å². The topological polar surface area (TPSA) is 50.4 Å². The third-order valence-electron chi connectivity index (χ3n) is 2.93. The summed E-state index contributed by atoms with van der Waals surface area (Å²) in [6, 6.07) is 9.34. The molecule has 0 radical (unpaired) electrons. The number of rotatable bonds is 3. The van der Waals surface area contributed by atoms with Gasteiger partial charge < -0.3 is 10.1 Å². The third kappa shape index (κ3) is 4.07. The molecule has 92 valence electrons. The van der Waals surface area contributed by atoms with Crippen LogP contribution in [-0.2, 0) is 4.74 Å². The second kappa shape index (κ2) is 6.25. The summed E-state index contributed by atoms with van der Waals surface area (Å²) < 4.78 is 5.21. The number of carbonyl (C=O) groups is 1. The van der Waals surface area contributed by atoms with Crippen LogP contribution in [0.25, 0.3) is 0 Å². The van der Waals surface area contributed by atoms with Crippen LogP contribution in [0.3, 0.4) is 0 Å². The lowest BCUT2D eigenvalue weighted by molar-refractivity contribution is 0.131. The lowest BCUT2D eigenvalue weighted by Crippen LogP contribution is -2.31. The molecule has 1 amide bonds. The molecule has 1 fully saturated rings. The predicted octanol–water partition coefficient (Wildman–Crippen LogP) is 2.23. The number of amides is 1. The largest absolute Gasteiger partial charge is 0.449 e. The summed E-state index contributed by atoms with van der Waals surface area (Å²) in [6.45, 7) is 2.56. The maximum atomic E-state index is 11.5. The fourth-order valence-electron chi connectivity index (χ4n) is 1.92. The quantitative estimate of drug-likeness (QED) is 0.843. The van der Waals surface area contributed by atoms with Crippen LogP contribution >= 0.6 is 0 Å². The van der Waals surface area contributed by atoms with Gasteiger partial charge in [-0.1, -0.05) is 18.2 Å². The van der Waals surface area contributed by atoms with Crippen LogP contribution in [0, 0.1) is 5.92 Å². The number of ether oxygens (including phenoxy) is 1. The molecule has 2 N–H and O–H groups in total. The van der Waals surface area contributed by atoms with E-state index in [1.54, 1.807) is 0 Å². The zero-order chi connectivity index (χ0) is 11.9. The van der Waals surface area contributed by atoms with Crippen molar-refractivity contribution >= 4 is 11.8 Å². The Morgan fingerprint density at radius 1 is 1.29 bits per heavy atom. The molecule has 1 aromatic carbocycles. The maximum Gasteiger partial charge on any atom is 0.411 e. The minimum Gasteiger partial charge on any atom is -0.449 e. The highest BCUT2D eigenvalue weighted by Crippen LogP contribution is 2.12. The summed E-state index contributed by atoms with van der Waals surface area (Å²) in [6.07, 6.45) is 1.80. The predicted molar refractivity (Wildman–Crippen MR) is 67.0 cm³/mol. The summed E-state index contributed by atoms with van der Waals surface area (Å²) in [5, 5.41) is 5.99. The zero-order valence-electron chi connectivity index (χ0n) is 9.82. The normalized spacial score (nSPS) is 16.5. The molecule has 1 aromatic rings. The minimum atomic E-state index is -0.366. The van der Waals surface area contributed by atoms with Gasteiger partial charge in [-0.05, 0) is 44.0 Å². The molecule has 17 heavy (non-hydrogen) atoms. The minimum absolute atomic E-state index is 0.366. The van der Waals surface area contributed by atoms with Crippen LogP contribution in [0.5, 0.6) is 0 Å². The summed E-state index contributed by atoms with van der Waals surface area (Å²) in [5.74, 6) is 0.498. The Morgan fingerprint density at radius 2 is 2.00 bits per heavy atom. The second-order valence-corrected chi connectivity index (χ2v) is 4.28. The van der Waals surface area contributed by atoms with E-state index in [9.17, 15) is 4.79 Å². The molecule has 0 atom stereocenters. The SMILES string of the molecule is O=C(Nc1ccccc1)OCC1CCNCC1. The molecule has 1 aliphatic heterocycles. The fraction of sp³-hybridized carbons (Fsp3) is 0.462. The van der Waals surface area contributed by atoms with Gasteiger partial charge in [-0.2, -0.15) is 0 Å². The molecule has 0 aromatic heterocycles. The molecule has 1 saturated heterocycles. The summed E-state index contributed by atoms with van der Waals surface area (Å²) >= 11 is 0. The molecule has 1 aliphatic rings. The van der Waals surface area contributed by atoms with E-state index in [2.05, 4.69) is 10.6 Å². The number of anilines is 1. The second-order valence-electron chi connectivity index (χ2n) is 4.28. The number of nitrogens with one attached hydrogen (secondary N) is 2. The summed E-state index contributed by atoms with van der Waals surface area (Å²) in [5.41, 5.74) is 0.766. The Hall–Kier alpha value is -1.55. The van der Waals surface area contributed by atoms with E-state index in [1.165, 1.54) is 0 Å². The Balaban J connectivity index is 1.70. The van der Waals surface area contributed by atoms with Crippen molar-refractivity contribution in [1.82, 2.24) is 5.32 Å². The molecule has 0 spiro atoms. The molecular formula is C13H18N2O2. The van der Waals surface area contributed by atoms with Gasteiger partial charge in [-0.15, -0.1) is 0 Å². The van der Waals surface area contributed by atoms with E-state index in [4.69, 9.17) is 4.74 Å². The number of piperidine rings is 1. The highest BCUT2D eigenvalue weighted by atomic mass is 16.5. The molecule has 4 heteroatoms. The van der Waals surface area contributed by atoms with E-state index >= 15 is 0 Å². The van der Waals surface area contributed by atoms with Gasteiger partial charge in [0, 0.05) is 5.69 Å². The van der Waals surface area contributed by atoms with Gasteiger partial charge in [0.1, 0.15) is 0 Å². The van der Waals surface area contributed by atoms with Crippen molar-refractivity contribution in [2.45, 2.75) is 12.8 Å². The highest BCUT2D eigenvalue weighted by Gasteiger charge is 2.14. The fourth-order valence-corrected chi connectivity index (χ4v) is 1.92. The van der Waals surface area contributed by atoms with E-state index in [-0.39, 0.29) is 6.09 Å². The number of hydrogen-bond donors (Lipinski definition) is 2. The molecule has 2 rings (SSSR count). The number of para-hydroxylation sites is 1. The van der Waals surface area contributed by atoms with Crippen LogP contribution in [0.15, 0.2) is 30.3 Å². The number of carbonyl (C=O) groups excluding carboxylic acids is 1. The lowest BCUT2D eigenvalue weighted by atomic mass is 9.99. The van der Waals surface area contributed by atoms with Crippen molar-refractivity contribution in [2.24, 2.45) is 5.92 Å². The summed E-state index contributed by atoms with van der Waals surface area (Å²) in [7, 11) is 0. The van der Waals surface area contributed by atoms with E-state index in [0.717, 1.165) is 31.6 Å². The van der Waals surface area contributed by atoms with E-state index < -0.39 is 0 Å². The molecule has 0 aliphatic carbocycles. The van der Waals surface area contributed by atoms with Crippen molar-refractivity contribution in [3.05, 3.63) is 30.3 Å². The lowest BCUT2D eigenvalue weighted by Gasteiger charge is -2.22. The number of benzene rings is 1. The third-order valence-corrected chi connectivity index (χ3v) is 2.93. The molecule has 0 bridgehead atoms. The van der Waals surface area contributed by atoms with Crippen LogP contribution in [-0.4, -0.2) is 25.8 Å². The van der Waals surface area contributed by atoms with Crippen molar-refractivity contribution in [3.8, 4) is 0 Å². The standard InChI is InChI=1S/C13H18N2O2/c16-13(15-12-4-2-1-3-5-12)17-10-11-6-8-14-9-7-11/h1-5,11,14H,6-10H2,(H,15,16). The van der Waals surface area contributed by atoms with Gasteiger partial charge >= 0.3 is 6.09 Å². The molecule has 4 nitrogen and oxygen atoms in total. The van der Waals surface area contributed by atoms with Gasteiger partial charge in [0.05, 0.1) is 6.61 Å². The molecule has 0 saturated carbocycles. The highest BCUT2D eigenvalue weighted by molar-refractivity contribution is 5.84. The Kier molecular flexibility index (Phi) is 4.38. The van der Waals surface area contributed by atoms with Gasteiger partial charge in [-0.25, -0.2) is 4.79 Å². The smallest absolute Gasteiger partial charge is 0.411 e. The van der Waals surface area contributed by atoms with Crippen LogP contribution in [0.4, 0.5) is 10.5 Å². The van der Waals surface area contributed by atoms with Crippen molar-refractivity contribution in [3.63, 3.8) is 0 Å². The monoisotopic (exact) mass is 234 g/mol. The van der Waals surface area contributed by atoms with Gasteiger partial charge in [-0.3, -0.25) is 5.32 Å². The average Bonchev–Trinajstić information content (AvgIpc) is 2.39. The first-order chi connectivity index (χ1) is 8.34.